The molecular formula is C14H23N3O4S. The number of benzene rings is 1. The number of carbonyl (C=O) groups is 1. The maximum Gasteiger partial charge on any atom is 0.238 e. The van der Waals surface area contributed by atoms with Crippen molar-refractivity contribution in [3.63, 3.8) is 0 Å². The van der Waals surface area contributed by atoms with Crippen LogP contribution in [0.4, 0.5) is 11.4 Å². The van der Waals surface area contributed by atoms with Crippen molar-refractivity contribution in [3.8, 4) is 0 Å². The zero-order chi connectivity index (χ0) is 16.4. The highest BCUT2D eigenvalue weighted by molar-refractivity contribution is 7.92. The van der Waals surface area contributed by atoms with E-state index < -0.39 is 10.0 Å². The van der Waals surface area contributed by atoms with E-state index in [4.69, 9.17) is 4.74 Å². The summed E-state index contributed by atoms with van der Waals surface area (Å²) in [7, 11) is -1.70. The molecule has 7 nitrogen and oxygen atoms in total. The maximum absolute atomic E-state index is 11.6. The van der Waals surface area contributed by atoms with Gasteiger partial charge in [0, 0.05) is 25.0 Å². The molecule has 1 aromatic carbocycles. The summed E-state index contributed by atoms with van der Waals surface area (Å²) in [5, 5.41) is 5.65. The van der Waals surface area contributed by atoms with E-state index in [2.05, 4.69) is 15.4 Å². The topological polar surface area (TPSA) is 96.5 Å². The van der Waals surface area contributed by atoms with E-state index in [9.17, 15) is 13.2 Å². The van der Waals surface area contributed by atoms with E-state index in [0.29, 0.717) is 30.9 Å². The Labute approximate surface area is 131 Å². The van der Waals surface area contributed by atoms with Crippen molar-refractivity contribution in [2.45, 2.75) is 13.3 Å². The standard InChI is InChI=1S/C14H23N3O4S/c1-3-10-22(19,20)17-13-6-4-12(5-7-13)16-14(18)11-15-8-9-21-2/h4-7,15,17H,3,8-11H2,1-2H3,(H,16,18). The molecule has 0 saturated carbocycles. The molecule has 0 atom stereocenters. The number of amides is 1. The minimum atomic E-state index is -3.30. The van der Waals surface area contributed by atoms with Crippen LogP contribution in [0.5, 0.6) is 0 Å². The Morgan fingerprint density at radius 1 is 1.18 bits per heavy atom. The summed E-state index contributed by atoms with van der Waals surface area (Å²) in [6.45, 7) is 3.13. The molecule has 0 aliphatic heterocycles. The first-order chi connectivity index (χ1) is 10.5. The summed E-state index contributed by atoms with van der Waals surface area (Å²) < 4.78 is 30.6. The van der Waals surface area contributed by atoms with E-state index in [1.807, 2.05) is 0 Å². The van der Waals surface area contributed by atoms with Gasteiger partial charge in [-0.25, -0.2) is 8.42 Å². The molecule has 1 amide bonds. The van der Waals surface area contributed by atoms with Crippen molar-refractivity contribution >= 4 is 27.3 Å². The fourth-order valence-corrected chi connectivity index (χ4v) is 2.84. The lowest BCUT2D eigenvalue weighted by atomic mass is 10.3. The van der Waals surface area contributed by atoms with Crippen LogP contribution in [0.3, 0.4) is 0 Å². The number of hydrogen-bond acceptors (Lipinski definition) is 5. The average Bonchev–Trinajstić information content (AvgIpc) is 2.45. The third-order valence-electron chi connectivity index (χ3n) is 2.68. The fourth-order valence-electron chi connectivity index (χ4n) is 1.70. The first kappa shape index (κ1) is 18.4. The quantitative estimate of drug-likeness (QED) is 0.557. The first-order valence-corrected chi connectivity index (χ1v) is 8.72. The minimum absolute atomic E-state index is 0.0820. The van der Waals surface area contributed by atoms with Gasteiger partial charge in [-0.2, -0.15) is 0 Å². The first-order valence-electron chi connectivity index (χ1n) is 7.07. The van der Waals surface area contributed by atoms with E-state index in [-0.39, 0.29) is 18.2 Å². The summed E-state index contributed by atoms with van der Waals surface area (Å²) in [5.74, 6) is -0.0889. The Bertz CT molecular complexity index is 558. The lowest BCUT2D eigenvalue weighted by Crippen LogP contribution is -2.30. The number of sulfonamides is 1. The highest BCUT2D eigenvalue weighted by Crippen LogP contribution is 2.15. The molecule has 0 unspecified atom stereocenters. The molecular weight excluding hydrogens is 306 g/mol. The molecule has 3 N–H and O–H groups in total. The number of hydrogen-bond donors (Lipinski definition) is 3. The molecule has 0 bridgehead atoms. The summed E-state index contributed by atoms with van der Waals surface area (Å²) in [4.78, 5) is 11.6. The Morgan fingerprint density at radius 3 is 2.41 bits per heavy atom. The van der Waals surface area contributed by atoms with Gasteiger partial charge in [0.1, 0.15) is 0 Å². The third-order valence-corrected chi connectivity index (χ3v) is 4.18. The number of nitrogens with one attached hydrogen (secondary N) is 3. The molecule has 1 rings (SSSR count). The normalized spacial score (nSPS) is 11.2. The monoisotopic (exact) mass is 329 g/mol. The van der Waals surface area contributed by atoms with Crippen LogP contribution >= 0.6 is 0 Å². The van der Waals surface area contributed by atoms with E-state index in [1.165, 1.54) is 0 Å². The molecule has 0 spiro atoms. The maximum atomic E-state index is 11.6. The second-order valence-electron chi connectivity index (χ2n) is 4.72. The zero-order valence-electron chi connectivity index (χ0n) is 12.9. The second-order valence-corrected chi connectivity index (χ2v) is 6.56. The smallest absolute Gasteiger partial charge is 0.238 e. The molecule has 0 saturated heterocycles. The molecule has 0 heterocycles. The van der Waals surface area contributed by atoms with E-state index in [1.54, 1.807) is 38.3 Å². The van der Waals surface area contributed by atoms with Gasteiger partial charge < -0.3 is 15.4 Å². The predicted octanol–water partition coefficient (Wildman–Crippen LogP) is 1.01. The molecule has 1 aromatic rings. The second kappa shape index (κ2) is 9.39. The van der Waals surface area contributed by atoms with Crippen LogP contribution in [0.1, 0.15) is 13.3 Å². The summed E-state index contributed by atoms with van der Waals surface area (Å²) >= 11 is 0. The molecule has 22 heavy (non-hydrogen) atoms. The Hall–Kier alpha value is -1.64. The third kappa shape index (κ3) is 7.39. The van der Waals surface area contributed by atoms with Gasteiger partial charge in [0.05, 0.1) is 18.9 Å². The largest absolute Gasteiger partial charge is 0.383 e. The molecule has 124 valence electrons. The summed E-state index contributed by atoms with van der Waals surface area (Å²) in [5.41, 5.74) is 1.08. The van der Waals surface area contributed by atoms with Crippen molar-refractivity contribution in [1.29, 1.82) is 0 Å². The van der Waals surface area contributed by atoms with Crippen LogP contribution in [0.25, 0.3) is 0 Å². The summed E-state index contributed by atoms with van der Waals surface area (Å²) in [6, 6.07) is 6.52. The number of methoxy groups -OCH3 is 1. The highest BCUT2D eigenvalue weighted by atomic mass is 32.2. The number of anilines is 2. The van der Waals surface area contributed by atoms with Gasteiger partial charge in [0.25, 0.3) is 0 Å². The molecule has 0 aliphatic carbocycles. The SMILES string of the molecule is CCCS(=O)(=O)Nc1ccc(NC(=O)CNCCOC)cc1. The number of rotatable bonds is 10. The van der Waals surface area contributed by atoms with Crippen LogP contribution in [-0.2, 0) is 19.6 Å². The van der Waals surface area contributed by atoms with E-state index >= 15 is 0 Å². The lowest BCUT2D eigenvalue weighted by Gasteiger charge is -2.09. The van der Waals surface area contributed by atoms with Crippen LogP contribution < -0.4 is 15.4 Å². The van der Waals surface area contributed by atoms with Gasteiger partial charge >= 0.3 is 0 Å². The van der Waals surface area contributed by atoms with Gasteiger partial charge in [0.2, 0.25) is 15.9 Å². The molecule has 0 aromatic heterocycles. The Morgan fingerprint density at radius 2 is 1.82 bits per heavy atom. The lowest BCUT2D eigenvalue weighted by molar-refractivity contribution is -0.115. The molecule has 0 fully saturated rings. The average molecular weight is 329 g/mol. The summed E-state index contributed by atoms with van der Waals surface area (Å²) in [6.07, 6.45) is 0.555. The van der Waals surface area contributed by atoms with Crippen molar-refractivity contribution in [1.82, 2.24) is 5.32 Å². The van der Waals surface area contributed by atoms with Gasteiger partial charge in [-0.05, 0) is 30.7 Å². The van der Waals surface area contributed by atoms with Gasteiger partial charge in [-0.3, -0.25) is 9.52 Å². The molecule has 0 radical (unpaired) electrons. The highest BCUT2D eigenvalue weighted by Gasteiger charge is 2.08. The van der Waals surface area contributed by atoms with Crippen molar-refractivity contribution < 1.29 is 17.9 Å². The Kier molecular flexibility index (Phi) is 7.86. The van der Waals surface area contributed by atoms with Crippen molar-refractivity contribution in [2.24, 2.45) is 0 Å². The number of carbonyl (C=O) groups excluding carboxylic acids is 1. The van der Waals surface area contributed by atoms with Gasteiger partial charge in [0.15, 0.2) is 0 Å². The van der Waals surface area contributed by atoms with Gasteiger partial charge in [-0.15, -0.1) is 0 Å². The fraction of sp³-hybridized carbons (Fsp3) is 0.500. The van der Waals surface area contributed by atoms with Crippen LogP contribution in [0.2, 0.25) is 0 Å². The Balaban J connectivity index is 2.46. The zero-order valence-corrected chi connectivity index (χ0v) is 13.7. The van der Waals surface area contributed by atoms with Crippen molar-refractivity contribution in [2.75, 3.05) is 42.6 Å². The van der Waals surface area contributed by atoms with Crippen LogP contribution in [-0.4, -0.2) is 46.9 Å². The molecule has 8 heteroatoms. The number of ether oxygens (including phenoxy) is 1. The molecule has 0 aliphatic rings. The minimum Gasteiger partial charge on any atom is -0.383 e. The van der Waals surface area contributed by atoms with Crippen LogP contribution in [0, 0.1) is 0 Å². The van der Waals surface area contributed by atoms with Gasteiger partial charge in [-0.1, -0.05) is 6.92 Å². The van der Waals surface area contributed by atoms with Crippen molar-refractivity contribution in [3.05, 3.63) is 24.3 Å². The van der Waals surface area contributed by atoms with E-state index in [0.717, 1.165) is 0 Å². The van der Waals surface area contributed by atoms with Crippen LogP contribution in [0.15, 0.2) is 24.3 Å². The predicted molar refractivity (Wildman–Crippen MR) is 87.5 cm³/mol.